The number of phosphoric ester groups is 1. The monoisotopic (exact) mass is 517 g/mol. The second-order valence-corrected chi connectivity index (χ2v) is 10.3. The van der Waals surface area contributed by atoms with E-state index in [4.69, 9.17) is 25.2 Å². The normalized spacial score (nSPS) is 28.4. The number of hydrogen-bond donors (Lipinski definition) is 6. The summed E-state index contributed by atoms with van der Waals surface area (Å²) >= 11 is 0. The van der Waals surface area contributed by atoms with Gasteiger partial charge in [-0.15, -0.1) is 0 Å². The summed E-state index contributed by atoms with van der Waals surface area (Å²) in [4.78, 5) is 50.6. The van der Waals surface area contributed by atoms with Crippen molar-refractivity contribution in [1.82, 2.24) is 9.55 Å². The topological polar surface area (TPSA) is 250 Å². The van der Waals surface area contributed by atoms with Gasteiger partial charge in [-0.3, -0.25) is 9.09 Å². The number of nitrogens with two attached hydrogens (primary N) is 1. The smallest absolute Gasteiger partial charge is 0.388 e. The Balaban J connectivity index is 2.15. The molecule has 0 saturated carbocycles. The lowest BCUT2D eigenvalue weighted by molar-refractivity contribution is -0.0552. The van der Waals surface area contributed by atoms with E-state index < -0.39 is 66.5 Å². The third-order valence-corrected chi connectivity index (χ3v) is 7.47. The Morgan fingerprint density at radius 1 is 1.19 bits per heavy atom. The van der Waals surface area contributed by atoms with Crippen LogP contribution in [0, 0.1) is 5.92 Å². The Hall–Kier alpha value is -1.13. The molecule has 31 heavy (non-hydrogen) atoms. The van der Waals surface area contributed by atoms with Gasteiger partial charge in [-0.1, -0.05) is 0 Å². The van der Waals surface area contributed by atoms with Gasteiger partial charge in [0.25, 0.3) is 0 Å². The van der Waals surface area contributed by atoms with Crippen LogP contribution >= 0.6 is 23.5 Å². The standard InChI is InChI=1S/C10H16F2N3O13P3/c11-8(12)6-4(3-25-30(21,22)28-31(23,24)27-29(18,19)20)26-9(7(6)16)15-2-1-5(13)14-10(15)17/h1-2,4,6-9,16H,3H2,(H,21,22)(H,23,24)(H2,13,14,17)(H2,18,19,20)/t4-,6-,7-,9-/m1/s1. The first-order valence-corrected chi connectivity index (χ1v) is 12.3. The van der Waals surface area contributed by atoms with Crippen LogP contribution in [0.5, 0.6) is 0 Å². The van der Waals surface area contributed by atoms with E-state index in [1.54, 1.807) is 0 Å². The predicted molar refractivity (Wildman–Crippen MR) is 92.1 cm³/mol. The molecule has 1 fully saturated rings. The third-order valence-electron chi connectivity index (χ3n) is 3.66. The van der Waals surface area contributed by atoms with Gasteiger partial charge in [0.15, 0.2) is 6.23 Å². The summed E-state index contributed by atoms with van der Waals surface area (Å²) in [5, 5.41) is 10.1. The highest BCUT2D eigenvalue weighted by Crippen LogP contribution is 2.66. The Morgan fingerprint density at radius 2 is 1.81 bits per heavy atom. The fourth-order valence-corrected chi connectivity index (χ4v) is 5.57. The number of rotatable bonds is 9. The minimum atomic E-state index is -5.82. The molecule has 1 aliphatic rings. The number of alkyl halides is 2. The average Bonchev–Trinajstić information content (AvgIpc) is 2.86. The van der Waals surface area contributed by atoms with Crippen LogP contribution in [0.2, 0.25) is 0 Å². The molecule has 2 rings (SSSR count). The molecule has 2 unspecified atom stereocenters. The zero-order chi connectivity index (χ0) is 23.8. The second kappa shape index (κ2) is 9.39. The number of aromatic nitrogens is 2. The molecule has 16 nitrogen and oxygen atoms in total. The van der Waals surface area contributed by atoms with Gasteiger partial charge >= 0.3 is 29.2 Å². The number of hydrogen-bond acceptors (Lipinski definition) is 11. The number of aliphatic hydroxyl groups excluding tert-OH is 1. The number of ether oxygens (including phenoxy) is 1. The molecule has 0 radical (unpaired) electrons. The second-order valence-electron chi connectivity index (χ2n) is 5.90. The van der Waals surface area contributed by atoms with Crippen LogP contribution in [0.15, 0.2) is 17.1 Å². The first kappa shape index (κ1) is 26.1. The molecule has 1 saturated heterocycles. The van der Waals surface area contributed by atoms with Gasteiger partial charge in [-0.05, 0) is 6.07 Å². The molecule has 0 bridgehead atoms. The Labute approximate surface area is 170 Å². The molecule has 0 spiro atoms. The van der Waals surface area contributed by atoms with Crippen LogP contribution in [0.25, 0.3) is 0 Å². The Morgan fingerprint density at radius 3 is 2.32 bits per heavy atom. The lowest BCUT2D eigenvalue weighted by atomic mass is 9.99. The summed E-state index contributed by atoms with van der Waals surface area (Å²) in [5.41, 5.74) is 4.24. The zero-order valence-electron chi connectivity index (χ0n) is 14.8. The van der Waals surface area contributed by atoms with Gasteiger partial charge < -0.3 is 35.2 Å². The van der Waals surface area contributed by atoms with Gasteiger partial charge in [0, 0.05) is 6.20 Å². The first-order chi connectivity index (χ1) is 14.0. The lowest BCUT2D eigenvalue weighted by Gasteiger charge is -2.21. The van der Waals surface area contributed by atoms with Crippen molar-refractivity contribution in [2.75, 3.05) is 12.3 Å². The summed E-state index contributed by atoms with van der Waals surface area (Å²) in [6.45, 7) is -1.25. The maximum atomic E-state index is 13.4. The van der Waals surface area contributed by atoms with Gasteiger partial charge in [-0.25, -0.2) is 27.3 Å². The highest BCUT2D eigenvalue weighted by Gasteiger charge is 2.51. The summed E-state index contributed by atoms with van der Waals surface area (Å²) in [6.07, 6.45) is -7.90. The van der Waals surface area contributed by atoms with E-state index in [1.807, 2.05) is 0 Å². The van der Waals surface area contributed by atoms with Gasteiger partial charge in [-0.2, -0.15) is 13.6 Å². The van der Waals surface area contributed by atoms with Crippen LogP contribution in [-0.2, 0) is 31.6 Å². The van der Waals surface area contributed by atoms with E-state index in [2.05, 4.69) is 18.1 Å². The molecule has 6 atom stereocenters. The van der Waals surface area contributed by atoms with Crippen molar-refractivity contribution in [3.63, 3.8) is 0 Å². The first-order valence-electron chi connectivity index (χ1n) is 7.76. The van der Waals surface area contributed by atoms with Crippen molar-refractivity contribution in [3.8, 4) is 0 Å². The van der Waals surface area contributed by atoms with Crippen molar-refractivity contribution in [2.45, 2.75) is 24.9 Å². The molecule has 1 aliphatic heterocycles. The van der Waals surface area contributed by atoms with Gasteiger partial charge in [0.1, 0.15) is 11.9 Å². The van der Waals surface area contributed by atoms with Crippen molar-refractivity contribution in [3.05, 3.63) is 22.7 Å². The highest BCUT2D eigenvalue weighted by atomic mass is 31.3. The van der Waals surface area contributed by atoms with E-state index in [0.29, 0.717) is 4.57 Å². The van der Waals surface area contributed by atoms with Crippen molar-refractivity contribution < 1.29 is 65.0 Å². The SMILES string of the molecule is Nc1ccn([C@@H]2O[C@H](COP(=O)(O)OP(=O)(O)OP(=O)(O)O)[C@@H](C(F)F)[C@H]2O)c(=O)n1. The molecule has 1 aromatic rings. The summed E-state index contributed by atoms with van der Waals surface area (Å²) < 4.78 is 77.3. The number of halogens is 2. The van der Waals surface area contributed by atoms with E-state index in [1.165, 1.54) is 0 Å². The average molecular weight is 517 g/mol. The summed E-state index contributed by atoms with van der Waals surface area (Å²) in [5.74, 6) is -2.27. The maximum Gasteiger partial charge on any atom is 0.490 e. The molecule has 1 aromatic heterocycles. The van der Waals surface area contributed by atoms with Crippen LogP contribution < -0.4 is 11.4 Å². The Kier molecular flexibility index (Phi) is 7.91. The van der Waals surface area contributed by atoms with Crippen LogP contribution in [-0.4, -0.2) is 59.5 Å². The van der Waals surface area contributed by atoms with Crippen LogP contribution in [0.4, 0.5) is 14.6 Å². The van der Waals surface area contributed by atoms with E-state index in [0.717, 1.165) is 12.3 Å². The molecule has 178 valence electrons. The Bertz CT molecular complexity index is 1000. The molecule has 21 heteroatoms. The number of aliphatic hydroxyl groups is 1. The summed E-state index contributed by atoms with van der Waals surface area (Å²) in [6, 6.07) is 1.11. The molecule has 0 aliphatic carbocycles. The van der Waals surface area contributed by atoms with E-state index in [9.17, 15) is 37.3 Å². The molecular weight excluding hydrogens is 501 g/mol. The van der Waals surface area contributed by atoms with Crippen LogP contribution in [0.3, 0.4) is 0 Å². The van der Waals surface area contributed by atoms with Gasteiger partial charge in [0.2, 0.25) is 6.43 Å². The number of nitrogen functional groups attached to an aromatic ring is 1. The number of phosphoric acid groups is 3. The quantitative estimate of drug-likeness (QED) is 0.222. The zero-order valence-corrected chi connectivity index (χ0v) is 17.5. The lowest BCUT2D eigenvalue weighted by Crippen LogP contribution is -2.36. The minimum absolute atomic E-state index is 0.205. The fourth-order valence-electron chi connectivity index (χ4n) is 2.54. The number of nitrogens with zero attached hydrogens (tertiary/aromatic N) is 2. The number of anilines is 1. The molecule has 2 heterocycles. The fraction of sp³-hybridized carbons (Fsp3) is 0.600. The largest absolute Gasteiger partial charge is 0.490 e. The van der Waals surface area contributed by atoms with Crippen molar-refractivity contribution in [1.29, 1.82) is 0 Å². The van der Waals surface area contributed by atoms with Crippen molar-refractivity contribution in [2.24, 2.45) is 5.92 Å². The van der Waals surface area contributed by atoms with Crippen LogP contribution in [0.1, 0.15) is 6.23 Å². The van der Waals surface area contributed by atoms with E-state index >= 15 is 0 Å². The molecule has 0 amide bonds. The molecule has 7 N–H and O–H groups in total. The maximum absolute atomic E-state index is 13.4. The molecular formula is C10H16F2N3O13P3. The van der Waals surface area contributed by atoms with Gasteiger partial charge in [0.05, 0.1) is 18.6 Å². The minimum Gasteiger partial charge on any atom is -0.388 e. The highest BCUT2D eigenvalue weighted by molar-refractivity contribution is 7.66. The predicted octanol–water partition coefficient (Wildman–Crippen LogP) is -0.692. The van der Waals surface area contributed by atoms with Crippen molar-refractivity contribution >= 4 is 29.3 Å². The molecule has 0 aromatic carbocycles. The third kappa shape index (κ3) is 7.18. The summed E-state index contributed by atoms with van der Waals surface area (Å²) in [7, 11) is -17.1. The van der Waals surface area contributed by atoms with E-state index in [-0.39, 0.29) is 5.82 Å².